The predicted molar refractivity (Wildman–Crippen MR) is 76.6 cm³/mol. The molecule has 0 aromatic heterocycles. The third-order valence-corrected chi connectivity index (χ3v) is 3.07. The minimum atomic E-state index is 0. The molecule has 2 nitrogen and oxygen atoms in total. The Bertz CT molecular complexity index is 450. The second-order valence-electron chi connectivity index (χ2n) is 4.36. The van der Waals surface area contributed by atoms with Crippen LogP contribution in [0.3, 0.4) is 0 Å². The molecule has 0 radical (unpaired) electrons. The summed E-state index contributed by atoms with van der Waals surface area (Å²) in [5.74, 6) is 1.46. The van der Waals surface area contributed by atoms with E-state index in [0.717, 1.165) is 12.2 Å². The van der Waals surface area contributed by atoms with E-state index in [1.807, 2.05) is 12.1 Å². The number of hydrogen-bond acceptors (Lipinski definition) is 2. The minimum Gasteiger partial charge on any atom is -0.497 e. The van der Waals surface area contributed by atoms with E-state index in [9.17, 15) is 0 Å². The van der Waals surface area contributed by atoms with E-state index in [4.69, 9.17) is 4.74 Å². The second kappa shape index (κ2) is 6.82. The Morgan fingerprint density at radius 2 is 1.56 bits per heavy atom. The van der Waals surface area contributed by atoms with Gasteiger partial charge in [0.2, 0.25) is 0 Å². The summed E-state index contributed by atoms with van der Waals surface area (Å²) in [5.41, 5.74) is 2.74. The molecule has 2 heteroatoms. The summed E-state index contributed by atoms with van der Waals surface area (Å²) < 4.78 is 5.16. The molecular formula is C16H21NO. The summed E-state index contributed by atoms with van der Waals surface area (Å²) in [5, 5.41) is 0. The fraction of sp³-hybridized carbons (Fsp3) is 0.250. The van der Waals surface area contributed by atoms with Crippen LogP contribution < -0.4 is 10.9 Å². The van der Waals surface area contributed by atoms with E-state index >= 15 is 0 Å². The quantitative estimate of drug-likeness (QED) is 0.874. The zero-order valence-electron chi connectivity index (χ0n) is 11.1. The van der Waals surface area contributed by atoms with E-state index in [-0.39, 0.29) is 6.15 Å². The van der Waals surface area contributed by atoms with Gasteiger partial charge in [-0.05, 0) is 35.6 Å². The molecule has 0 heterocycles. The number of benzene rings is 2. The van der Waals surface area contributed by atoms with Crippen LogP contribution in [-0.4, -0.2) is 7.11 Å². The van der Waals surface area contributed by atoms with Crippen molar-refractivity contribution in [3.63, 3.8) is 0 Å². The van der Waals surface area contributed by atoms with Gasteiger partial charge in [-0.25, -0.2) is 0 Å². The van der Waals surface area contributed by atoms with Gasteiger partial charge in [-0.15, -0.1) is 0 Å². The van der Waals surface area contributed by atoms with Crippen LogP contribution in [0, 0.1) is 0 Å². The normalized spacial score (nSPS) is 11.4. The summed E-state index contributed by atoms with van der Waals surface area (Å²) in [6.45, 7) is 2.26. The molecule has 96 valence electrons. The molecule has 0 spiro atoms. The molecular weight excluding hydrogens is 222 g/mol. The van der Waals surface area contributed by atoms with Gasteiger partial charge in [0, 0.05) is 0 Å². The molecule has 0 bridgehead atoms. The van der Waals surface area contributed by atoms with Gasteiger partial charge in [0.1, 0.15) is 5.75 Å². The van der Waals surface area contributed by atoms with E-state index in [1.165, 1.54) is 11.1 Å². The second-order valence-corrected chi connectivity index (χ2v) is 4.36. The lowest BCUT2D eigenvalue weighted by Gasteiger charge is -2.12. The molecule has 0 aliphatic rings. The highest BCUT2D eigenvalue weighted by atomic mass is 16.5. The van der Waals surface area contributed by atoms with Crippen LogP contribution >= 0.6 is 0 Å². The van der Waals surface area contributed by atoms with Crippen molar-refractivity contribution in [1.29, 1.82) is 0 Å². The topological polar surface area (TPSA) is 44.2 Å². The molecule has 2 aromatic rings. The first-order valence-electron chi connectivity index (χ1n) is 5.97. The number of hydrogen-bond donors (Lipinski definition) is 1. The minimum absolute atomic E-state index is 0. The van der Waals surface area contributed by atoms with Crippen LogP contribution in [0.25, 0.3) is 0 Å². The molecule has 0 aliphatic heterocycles. The first-order chi connectivity index (χ1) is 8.29. The van der Waals surface area contributed by atoms with Gasteiger partial charge in [0.05, 0.1) is 7.11 Å². The zero-order chi connectivity index (χ0) is 12.1. The van der Waals surface area contributed by atoms with E-state index in [1.54, 1.807) is 7.11 Å². The lowest BCUT2D eigenvalue weighted by molar-refractivity contribution is 0.414. The summed E-state index contributed by atoms with van der Waals surface area (Å²) in [4.78, 5) is 0. The summed E-state index contributed by atoms with van der Waals surface area (Å²) >= 11 is 0. The highest BCUT2D eigenvalue weighted by Crippen LogP contribution is 2.21. The summed E-state index contributed by atoms with van der Waals surface area (Å²) in [6, 6.07) is 18.9. The van der Waals surface area contributed by atoms with Crippen molar-refractivity contribution < 1.29 is 4.74 Å². The van der Waals surface area contributed by atoms with Gasteiger partial charge in [-0.2, -0.15) is 0 Å². The van der Waals surface area contributed by atoms with Crippen LogP contribution in [0.5, 0.6) is 5.75 Å². The maximum absolute atomic E-state index is 5.16. The number of ether oxygens (including phenoxy) is 1. The summed E-state index contributed by atoms with van der Waals surface area (Å²) in [6.07, 6.45) is 1.06. The van der Waals surface area contributed by atoms with E-state index in [0.29, 0.717) is 5.92 Å². The highest BCUT2D eigenvalue weighted by Gasteiger charge is 2.05. The van der Waals surface area contributed by atoms with Crippen molar-refractivity contribution in [2.24, 2.45) is 0 Å². The molecule has 0 fully saturated rings. The lowest BCUT2D eigenvalue weighted by atomic mass is 9.94. The molecule has 1 unspecified atom stereocenters. The van der Waals surface area contributed by atoms with Crippen molar-refractivity contribution in [3.05, 3.63) is 65.7 Å². The molecule has 2 rings (SSSR count). The Morgan fingerprint density at radius 3 is 2.11 bits per heavy atom. The van der Waals surface area contributed by atoms with E-state index < -0.39 is 0 Å². The molecule has 0 amide bonds. The van der Waals surface area contributed by atoms with E-state index in [2.05, 4.69) is 49.4 Å². The standard InChI is InChI=1S/C16H18O.H3N/c1-13(15-6-4-3-5-7-15)12-14-8-10-16(17-2)11-9-14;/h3-11,13H,12H2,1-2H3;1H3. The third kappa shape index (κ3) is 3.60. The van der Waals surface area contributed by atoms with Crippen molar-refractivity contribution in [2.75, 3.05) is 7.11 Å². The first-order valence-corrected chi connectivity index (χ1v) is 5.97. The van der Waals surface area contributed by atoms with Gasteiger partial charge >= 0.3 is 0 Å². The highest BCUT2D eigenvalue weighted by molar-refractivity contribution is 5.29. The largest absolute Gasteiger partial charge is 0.497 e. The molecule has 2 aromatic carbocycles. The average Bonchev–Trinajstić information content (AvgIpc) is 2.40. The van der Waals surface area contributed by atoms with Gasteiger partial charge < -0.3 is 10.9 Å². The fourth-order valence-corrected chi connectivity index (χ4v) is 2.01. The monoisotopic (exact) mass is 243 g/mol. The predicted octanol–water partition coefficient (Wildman–Crippen LogP) is 4.20. The fourth-order valence-electron chi connectivity index (χ4n) is 2.01. The Morgan fingerprint density at radius 1 is 0.944 bits per heavy atom. The molecule has 0 saturated carbocycles. The van der Waals surface area contributed by atoms with Gasteiger partial charge in [-0.3, -0.25) is 0 Å². The van der Waals surface area contributed by atoms with Crippen LogP contribution in [0.15, 0.2) is 54.6 Å². The Labute approximate surface area is 109 Å². The molecule has 3 N–H and O–H groups in total. The lowest BCUT2D eigenvalue weighted by Crippen LogP contribution is -1.98. The molecule has 0 aliphatic carbocycles. The molecule has 1 atom stereocenters. The molecule has 0 saturated heterocycles. The van der Waals surface area contributed by atoms with Crippen LogP contribution in [0.1, 0.15) is 24.0 Å². The maximum Gasteiger partial charge on any atom is 0.118 e. The van der Waals surface area contributed by atoms with Crippen molar-refractivity contribution in [3.8, 4) is 5.75 Å². The summed E-state index contributed by atoms with van der Waals surface area (Å²) in [7, 11) is 1.70. The maximum atomic E-state index is 5.16. The SMILES string of the molecule is COc1ccc(CC(C)c2ccccc2)cc1.N. The number of methoxy groups -OCH3 is 1. The van der Waals surface area contributed by atoms with Gasteiger partial charge in [-0.1, -0.05) is 49.4 Å². The van der Waals surface area contributed by atoms with Crippen molar-refractivity contribution >= 4 is 0 Å². The van der Waals surface area contributed by atoms with Crippen molar-refractivity contribution in [1.82, 2.24) is 6.15 Å². The zero-order valence-corrected chi connectivity index (χ0v) is 11.1. The van der Waals surface area contributed by atoms with Gasteiger partial charge in [0.25, 0.3) is 0 Å². The van der Waals surface area contributed by atoms with Crippen LogP contribution in [0.4, 0.5) is 0 Å². The van der Waals surface area contributed by atoms with Crippen molar-refractivity contribution in [2.45, 2.75) is 19.3 Å². The Kier molecular flexibility index (Phi) is 5.40. The Hall–Kier alpha value is -1.80. The van der Waals surface area contributed by atoms with Crippen LogP contribution in [-0.2, 0) is 6.42 Å². The average molecular weight is 243 g/mol. The smallest absolute Gasteiger partial charge is 0.118 e. The first kappa shape index (κ1) is 14.3. The Balaban J connectivity index is 0.00000162. The van der Waals surface area contributed by atoms with Crippen LogP contribution in [0.2, 0.25) is 0 Å². The number of rotatable bonds is 4. The molecule has 18 heavy (non-hydrogen) atoms. The van der Waals surface area contributed by atoms with Gasteiger partial charge in [0.15, 0.2) is 0 Å². The third-order valence-electron chi connectivity index (χ3n) is 3.07.